The van der Waals surface area contributed by atoms with E-state index in [-0.39, 0.29) is 5.91 Å². The number of benzene rings is 1. The average molecular weight is 435 g/mol. The quantitative estimate of drug-likeness (QED) is 0.405. The lowest BCUT2D eigenvalue weighted by Crippen LogP contribution is -2.48. The first kappa shape index (κ1) is 22.6. The van der Waals surface area contributed by atoms with Crippen molar-refractivity contribution in [3.8, 4) is 0 Å². The zero-order chi connectivity index (χ0) is 21.4. The first-order valence-corrected chi connectivity index (χ1v) is 9.82. The van der Waals surface area contributed by atoms with Gasteiger partial charge >= 0.3 is 0 Å². The normalized spacial score (nSPS) is 15.5. The lowest BCUT2D eigenvalue weighted by atomic mass is 10.1. The van der Waals surface area contributed by atoms with E-state index in [0.29, 0.717) is 39.7 Å². The van der Waals surface area contributed by atoms with Crippen molar-refractivity contribution in [3.05, 3.63) is 58.5 Å². The van der Waals surface area contributed by atoms with Crippen LogP contribution in [0.1, 0.15) is 30.1 Å². The molecule has 1 fully saturated rings. The second-order valence-corrected chi connectivity index (χ2v) is 7.40. The number of nitrogens with zero attached hydrogens (tertiary/aromatic N) is 3. The van der Waals surface area contributed by atoms with Gasteiger partial charge in [0.05, 0.1) is 16.1 Å². The predicted octanol–water partition coefficient (Wildman–Crippen LogP) is 3.84. The first-order chi connectivity index (χ1) is 13.9. The fourth-order valence-corrected chi connectivity index (χ4v) is 2.91. The van der Waals surface area contributed by atoms with E-state index >= 15 is 0 Å². The van der Waals surface area contributed by atoms with Crippen molar-refractivity contribution in [1.29, 1.82) is 5.41 Å². The van der Waals surface area contributed by atoms with Crippen LogP contribution in [0.2, 0.25) is 10.0 Å². The number of nitrogens with two attached hydrogens (primary N) is 1. The molecule has 1 atom stereocenters. The standard InChI is InChI=1S/C20H24Cl2N6O/c1-13(19(26-12-24)27-14(2)25-9-3-8-23)28(11-15-4-5-15)20(29)16-6-7-17(21)18(22)10-16/h3,6-10,12-13,15H,2,4-5,11,23H2,1H3,(H2,24,26,27)/b8-3-,25-9-. The molecule has 0 saturated heterocycles. The van der Waals surface area contributed by atoms with Gasteiger partial charge in [0.25, 0.3) is 5.91 Å². The Bertz CT molecular complexity index is 861. The molecule has 154 valence electrons. The van der Waals surface area contributed by atoms with E-state index in [4.69, 9.17) is 34.3 Å². The Labute approximate surface area is 180 Å². The third-order valence-corrected chi connectivity index (χ3v) is 5.09. The van der Waals surface area contributed by atoms with Gasteiger partial charge in [-0.05, 0) is 56.2 Å². The van der Waals surface area contributed by atoms with Crippen LogP contribution < -0.4 is 11.1 Å². The minimum absolute atomic E-state index is 0.192. The van der Waals surface area contributed by atoms with Crippen molar-refractivity contribution >= 4 is 47.5 Å². The second-order valence-electron chi connectivity index (χ2n) is 6.58. The summed E-state index contributed by atoms with van der Waals surface area (Å²) in [5.41, 5.74) is 5.71. The van der Waals surface area contributed by atoms with E-state index in [1.807, 2.05) is 6.92 Å². The molecule has 1 aromatic carbocycles. The topological polar surface area (TPSA) is 107 Å². The zero-order valence-corrected chi connectivity index (χ0v) is 17.6. The molecule has 1 unspecified atom stereocenters. The lowest BCUT2D eigenvalue weighted by Gasteiger charge is -2.30. The van der Waals surface area contributed by atoms with Gasteiger partial charge in [-0.15, -0.1) is 0 Å². The van der Waals surface area contributed by atoms with Crippen LogP contribution in [0.15, 0.2) is 52.9 Å². The summed E-state index contributed by atoms with van der Waals surface area (Å²) in [4.78, 5) is 23.1. The number of nitrogens with one attached hydrogen (secondary N) is 2. The van der Waals surface area contributed by atoms with Gasteiger partial charge in [0.15, 0.2) is 0 Å². The maximum Gasteiger partial charge on any atom is 0.254 e. The number of hydrogen-bond donors (Lipinski definition) is 3. The van der Waals surface area contributed by atoms with Crippen LogP contribution in [0.5, 0.6) is 0 Å². The molecule has 0 radical (unpaired) electrons. The molecule has 0 spiro atoms. The molecule has 0 aromatic heterocycles. The largest absolute Gasteiger partial charge is 0.405 e. The van der Waals surface area contributed by atoms with Crippen LogP contribution in [0.3, 0.4) is 0 Å². The van der Waals surface area contributed by atoms with E-state index in [9.17, 15) is 4.79 Å². The van der Waals surface area contributed by atoms with Gasteiger partial charge in [0.1, 0.15) is 18.0 Å². The summed E-state index contributed by atoms with van der Waals surface area (Å²) in [6, 6.07) is 4.36. The van der Waals surface area contributed by atoms with Crippen LogP contribution in [-0.2, 0) is 0 Å². The van der Waals surface area contributed by atoms with Crippen LogP contribution in [0, 0.1) is 11.3 Å². The molecule has 0 heterocycles. The number of amides is 1. The number of carbonyl (C=O) groups is 1. The number of allylic oxidation sites excluding steroid dienone is 1. The van der Waals surface area contributed by atoms with E-state index < -0.39 is 6.04 Å². The molecule has 9 heteroatoms. The maximum absolute atomic E-state index is 13.2. The number of aliphatic imine (C=N–C) groups is 2. The summed E-state index contributed by atoms with van der Waals surface area (Å²) < 4.78 is 0. The Hall–Kier alpha value is -2.64. The SMILES string of the molecule is C=C(/N=C\C=C/N)N/C(=N\C=N)C(C)N(CC1CC1)C(=O)c1ccc(Cl)c(Cl)c1. The lowest BCUT2D eigenvalue weighted by molar-refractivity contribution is 0.0724. The molecule has 1 saturated carbocycles. The Morgan fingerprint density at radius 2 is 2.17 bits per heavy atom. The summed E-state index contributed by atoms with van der Waals surface area (Å²) >= 11 is 12.1. The van der Waals surface area contributed by atoms with Crippen molar-refractivity contribution in [1.82, 2.24) is 10.2 Å². The smallest absolute Gasteiger partial charge is 0.254 e. The van der Waals surface area contributed by atoms with Gasteiger partial charge in [-0.25, -0.2) is 9.98 Å². The molecule has 0 bridgehead atoms. The third-order valence-electron chi connectivity index (χ3n) is 4.35. The van der Waals surface area contributed by atoms with Crippen molar-refractivity contribution in [3.63, 3.8) is 0 Å². The highest BCUT2D eigenvalue weighted by Crippen LogP contribution is 2.31. The highest BCUT2D eigenvalue weighted by molar-refractivity contribution is 6.42. The number of rotatable bonds is 9. The summed E-state index contributed by atoms with van der Waals surface area (Å²) in [5, 5.41) is 11.0. The molecular formula is C20H24Cl2N6O. The van der Waals surface area contributed by atoms with E-state index in [1.165, 1.54) is 12.4 Å². The van der Waals surface area contributed by atoms with Crippen molar-refractivity contribution in [2.75, 3.05) is 6.54 Å². The Balaban J connectivity index is 2.26. The Kier molecular flexibility index (Phi) is 8.42. The summed E-state index contributed by atoms with van der Waals surface area (Å²) in [5.74, 6) is 0.945. The Morgan fingerprint density at radius 1 is 1.45 bits per heavy atom. The minimum Gasteiger partial charge on any atom is -0.405 e. The number of halogens is 2. The van der Waals surface area contributed by atoms with E-state index in [0.717, 1.165) is 19.2 Å². The van der Waals surface area contributed by atoms with Gasteiger partial charge in [0.2, 0.25) is 0 Å². The van der Waals surface area contributed by atoms with Gasteiger partial charge in [-0.2, -0.15) is 0 Å². The fraction of sp³-hybridized carbons (Fsp3) is 0.300. The van der Waals surface area contributed by atoms with Crippen LogP contribution in [0.25, 0.3) is 0 Å². The van der Waals surface area contributed by atoms with Crippen molar-refractivity contribution in [2.24, 2.45) is 21.6 Å². The molecule has 1 amide bonds. The highest BCUT2D eigenvalue weighted by Gasteiger charge is 2.32. The Morgan fingerprint density at radius 3 is 2.76 bits per heavy atom. The number of carbonyl (C=O) groups excluding carboxylic acids is 1. The monoisotopic (exact) mass is 434 g/mol. The van der Waals surface area contributed by atoms with E-state index in [2.05, 4.69) is 21.9 Å². The second kappa shape index (κ2) is 10.8. The van der Waals surface area contributed by atoms with Crippen LogP contribution in [-0.4, -0.2) is 41.8 Å². The van der Waals surface area contributed by atoms with E-state index in [1.54, 1.807) is 29.2 Å². The summed E-state index contributed by atoms with van der Waals surface area (Å²) in [7, 11) is 0. The van der Waals surface area contributed by atoms with Crippen molar-refractivity contribution < 1.29 is 4.79 Å². The average Bonchev–Trinajstić information content (AvgIpc) is 3.51. The fourth-order valence-electron chi connectivity index (χ4n) is 2.62. The molecule has 1 aliphatic rings. The van der Waals surface area contributed by atoms with Gasteiger partial charge in [-0.1, -0.05) is 29.8 Å². The maximum atomic E-state index is 13.2. The van der Waals surface area contributed by atoms with Gasteiger partial charge in [0, 0.05) is 18.3 Å². The summed E-state index contributed by atoms with van der Waals surface area (Å²) in [6.45, 7) is 6.22. The third kappa shape index (κ3) is 6.73. The van der Waals surface area contributed by atoms with Crippen LogP contribution in [0.4, 0.5) is 0 Å². The zero-order valence-electron chi connectivity index (χ0n) is 16.1. The number of hydrogen-bond acceptors (Lipinski definition) is 4. The molecule has 1 aromatic rings. The molecule has 2 rings (SSSR count). The highest BCUT2D eigenvalue weighted by atomic mass is 35.5. The van der Waals surface area contributed by atoms with Crippen LogP contribution >= 0.6 is 23.2 Å². The van der Waals surface area contributed by atoms with Gasteiger partial charge < -0.3 is 16.0 Å². The minimum atomic E-state index is -0.448. The molecule has 1 aliphatic carbocycles. The molecule has 0 aliphatic heterocycles. The predicted molar refractivity (Wildman–Crippen MR) is 120 cm³/mol. The molecular weight excluding hydrogens is 411 g/mol. The number of amidine groups is 1. The molecule has 4 N–H and O–H groups in total. The summed E-state index contributed by atoms with van der Waals surface area (Å²) in [6.07, 6.45) is 7.44. The van der Waals surface area contributed by atoms with Crippen molar-refractivity contribution in [2.45, 2.75) is 25.8 Å². The first-order valence-electron chi connectivity index (χ1n) is 9.06. The van der Waals surface area contributed by atoms with Gasteiger partial charge in [-0.3, -0.25) is 10.2 Å². The molecule has 29 heavy (non-hydrogen) atoms. The molecule has 7 nitrogen and oxygen atoms in total.